The first kappa shape index (κ1) is 15.2. The lowest BCUT2D eigenvalue weighted by Gasteiger charge is -2.24. The molecule has 0 fully saturated rings. The van der Waals surface area contributed by atoms with Gasteiger partial charge in [-0.1, -0.05) is 25.4 Å². The second-order valence-corrected chi connectivity index (χ2v) is 4.15. The molecule has 16 heavy (non-hydrogen) atoms. The molecule has 1 atom stereocenters. The maximum Gasteiger partial charge on any atom is 0.140 e. The van der Waals surface area contributed by atoms with Crippen molar-refractivity contribution in [2.45, 2.75) is 26.7 Å². The number of hydrogen-bond acceptors (Lipinski definition) is 4. The predicted octanol–water partition coefficient (Wildman–Crippen LogP) is 1.12. The van der Waals surface area contributed by atoms with Gasteiger partial charge in [-0.05, 0) is 5.92 Å². The molecule has 96 valence electrons. The molecule has 0 saturated heterocycles. The Kier molecular flexibility index (Phi) is 8.94. The molecule has 0 amide bonds. The monoisotopic (exact) mass is 231 g/mol. The molecule has 0 bridgehead atoms. The van der Waals surface area contributed by atoms with Crippen LogP contribution in [0.2, 0.25) is 0 Å². The third-order valence-corrected chi connectivity index (χ3v) is 2.69. The lowest BCUT2D eigenvalue weighted by molar-refractivity contribution is 0.139. The van der Waals surface area contributed by atoms with Gasteiger partial charge in [0.15, 0.2) is 0 Å². The molecule has 0 aromatic heterocycles. The van der Waals surface area contributed by atoms with Crippen LogP contribution in [0.3, 0.4) is 0 Å². The van der Waals surface area contributed by atoms with Crippen LogP contribution < -0.4 is 5.73 Å². The van der Waals surface area contributed by atoms with Crippen molar-refractivity contribution < 1.29 is 9.94 Å². The Morgan fingerprint density at radius 3 is 2.69 bits per heavy atom. The first-order valence-corrected chi connectivity index (χ1v) is 5.81. The summed E-state index contributed by atoms with van der Waals surface area (Å²) in [5.74, 6) is 0.940. The van der Waals surface area contributed by atoms with Crippen molar-refractivity contribution in [3.63, 3.8) is 0 Å². The van der Waals surface area contributed by atoms with Gasteiger partial charge in [-0.3, -0.25) is 0 Å². The molecule has 0 aliphatic heterocycles. The highest BCUT2D eigenvalue weighted by Crippen LogP contribution is 2.04. The largest absolute Gasteiger partial charge is 0.409 e. The quantitative estimate of drug-likeness (QED) is 0.270. The minimum absolute atomic E-state index is 0.284. The van der Waals surface area contributed by atoms with E-state index >= 15 is 0 Å². The van der Waals surface area contributed by atoms with Gasteiger partial charge >= 0.3 is 0 Å². The van der Waals surface area contributed by atoms with E-state index in [-0.39, 0.29) is 5.84 Å². The number of hydrogen-bond donors (Lipinski definition) is 2. The second kappa shape index (κ2) is 9.42. The van der Waals surface area contributed by atoms with Crippen LogP contribution in [0.1, 0.15) is 26.7 Å². The van der Waals surface area contributed by atoms with Crippen LogP contribution in [0.25, 0.3) is 0 Å². The molecule has 0 saturated carbocycles. The minimum Gasteiger partial charge on any atom is -0.409 e. The van der Waals surface area contributed by atoms with Gasteiger partial charge in [-0.2, -0.15) is 0 Å². The van der Waals surface area contributed by atoms with E-state index in [9.17, 15) is 0 Å². The molecule has 0 aromatic rings. The molecule has 0 aromatic carbocycles. The van der Waals surface area contributed by atoms with Crippen molar-refractivity contribution in [2.24, 2.45) is 16.8 Å². The molecule has 0 radical (unpaired) electrons. The van der Waals surface area contributed by atoms with Crippen molar-refractivity contribution in [1.29, 1.82) is 0 Å². The maximum absolute atomic E-state index is 8.47. The fourth-order valence-corrected chi connectivity index (χ4v) is 1.41. The average Bonchev–Trinajstić information content (AvgIpc) is 2.31. The van der Waals surface area contributed by atoms with E-state index in [0.717, 1.165) is 26.1 Å². The molecule has 1 unspecified atom stereocenters. The standard InChI is InChI=1S/C11H25N3O2/c1-4-10(2)9-14(7-8-16-3)6-5-11(12)13-15/h10,15H,4-9H2,1-3H3,(H2,12,13). The van der Waals surface area contributed by atoms with Crippen LogP contribution in [0.4, 0.5) is 0 Å². The fourth-order valence-electron chi connectivity index (χ4n) is 1.41. The molecule has 3 N–H and O–H groups in total. The maximum atomic E-state index is 8.47. The second-order valence-electron chi connectivity index (χ2n) is 4.15. The Morgan fingerprint density at radius 2 is 2.19 bits per heavy atom. The topological polar surface area (TPSA) is 71.1 Å². The summed E-state index contributed by atoms with van der Waals surface area (Å²) in [6.07, 6.45) is 1.75. The normalized spacial score (nSPS) is 14.4. The zero-order chi connectivity index (χ0) is 12.4. The zero-order valence-electron chi connectivity index (χ0n) is 10.6. The molecule has 0 aliphatic rings. The van der Waals surface area contributed by atoms with E-state index < -0.39 is 0 Å². The van der Waals surface area contributed by atoms with Gasteiger partial charge < -0.3 is 20.6 Å². The summed E-state index contributed by atoms with van der Waals surface area (Å²) >= 11 is 0. The van der Waals surface area contributed by atoms with Gasteiger partial charge in [0.05, 0.1) is 6.61 Å². The van der Waals surface area contributed by atoms with Crippen LogP contribution in [0.15, 0.2) is 5.16 Å². The Bertz CT molecular complexity index is 198. The number of nitrogens with two attached hydrogens (primary N) is 1. The first-order chi connectivity index (χ1) is 7.63. The highest BCUT2D eigenvalue weighted by molar-refractivity contribution is 5.79. The molecule has 5 nitrogen and oxygen atoms in total. The van der Waals surface area contributed by atoms with Gasteiger partial charge in [0, 0.05) is 33.2 Å². The summed E-state index contributed by atoms with van der Waals surface area (Å²) in [5.41, 5.74) is 5.46. The summed E-state index contributed by atoms with van der Waals surface area (Å²) in [4.78, 5) is 2.29. The van der Waals surface area contributed by atoms with Gasteiger partial charge in [0.25, 0.3) is 0 Å². The van der Waals surface area contributed by atoms with Crippen molar-refractivity contribution in [2.75, 3.05) is 33.4 Å². The number of rotatable bonds is 9. The lowest BCUT2D eigenvalue weighted by atomic mass is 10.1. The van der Waals surface area contributed by atoms with E-state index in [4.69, 9.17) is 15.7 Å². The number of oxime groups is 1. The molecule has 0 spiro atoms. The fraction of sp³-hybridized carbons (Fsp3) is 0.909. The van der Waals surface area contributed by atoms with Crippen molar-refractivity contribution >= 4 is 5.84 Å². The Morgan fingerprint density at radius 1 is 1.50 bits per heavy atom. The van der Waals surface area contributed by atoms with Gasteiger partial charge in [-0.15, -0.1) is 0 Å². The molecule has 0 aliphatic carbocycles. The van der Waals surface area contributed by atoms with E-state index in [1.165, 1.54) is 0 Å². The number of ether oxygens (including phenoxy) is 1. The van der Waals surface area contributed by atoms with E-state index in [1.807, 2.05) is 0 Å². The van der Waals surface area contributed by atoms with Crippen LogP contribution in [0, 0.1) is 5.92 Å². The van der Waals surface area contributed by atoms with Gasteiger partial charge in [0.2, 0.25) is 0 Å². The third kappa shape index (κ3) is 7.48. The molecule has 0 heterocycles. The van der Waals surface area contributed by atoms with Gasteiger partial charge in [0.1, 0.15) is 5.84 Å². The van der Waals surface area contributed by atoms with Crippen LogP contribution in [-0.4, -0.2) is 49.3 Å². The SMILES string of the molecule is CCC(C)CN(CCOC)CCC(N)=NO. The van der Waals surface area contributed by atoms with Crippen LogP contribution in [-0.2, 0) is 4.74 Å². The zero-order valence-corrected chi connectivity index (χ0v) is 10.6. The van der Waals surface area contributed by atoms with Crippen LogP contribution >= 0.6 is 0 Å². The minimum atomic E-state index is 0.284. The number of methoxy groups -OCH3 is 1. The van der Waals surface area contributed by atoms with Crippen LogP contribution in [0.5, 0.6) is 0 Å². The van der Waals surface area contributed by atoms with Crippen molar-refractivity contribution in [3.8, 4) is 0 Å². The molecular formula is C11H25N3O2. The summed E-state index contributed by atoms with van der Waals surface area (Å²) < 4.78 is 5.07. The van der Waals surface area contributed by atoms with Gasteiger partial charge in [-0.25, -0.2) is 0 Å². The number of amidine groups is 1. The average molecular weight is 231 g/mol. The van der Waals surface area contributed by atoms with E-state index in [2.05, 4.69) is 23.9 Å². The molecular weight excluding hydrogens is 206 g/mol. The third-order valence-electron chi connectivity index (χ3n) is 2.69. The first-order valence-electron chi connectivity index (χ1n) is 5.81. The summed E-state index contributed by atoms with van der Waals surface area (Å²) in [6, 6.07) is 0. The van der Waals surface area contributed by atoms with E-state index in [0.29, 0.717) is 18.9 Å². The summed E-state index contributed by atoms with van der Waals surface area (Å²) in [7, 11) is 1.70. The Hall–Kier alpha value is -0.810. The smallest absolute Gasteiger partial charge is 0.140 e. The number of nitrogens with zero attached hydrogens (tertiary/aromatic N) is 2. The van der Waals surface area contributed by atoms with Crippen molar-refractivity contribution in [3.05, 3.63) is 0 Å². The molecule has 0 rings (SSSR count). The Labute approximate surface area is 98.2 Å². The molecule has 5 heteroatoms. The summed E-state index contributed by atoms with van der Waals surface area (Å²) in [5, 5.41) is 11.4. The lowest BCUT2D eigenvalue weighted by Crippen LogP contribution is -2.34. The highest BCUT2D eigenvalue weighted by Gasteiger charge is 2.09. The summed E-state index contributed by atoms with van der Waals surface area (Å²) in [6.45, 7) is 7.85. The highest BCUT2D eigenvalue weighted by atomic mass is 16.5. The predicted molar refractivity (Wildman–Crippen MR) is 65.8 cm³/mol. The van der Waals surface area contributed by atoms with E-state index in [1.54, 1.807) is 7.11 Å². The Balaban J connectivity index is 3.99. The van der Waals surface area contributed by atoms with Crippen molar-refractivity contribution in [1.82, 2.24) is 4.90 Å².